The number of hydrogen-bond acceptors (Lipinski definition) is 3. The normalized spacial score (nSPS) is 17.1. The van der Waals surface area contributed by atoms with Crippen LogP contribution < -0.4 is 10.2 Å². The average Bonchev–Trinajstić information content (AvgIpc) is 2.61. The van der Waals surface area contributed by atoms with E-state index in [2.05, 4.69) is 15.3 Å². The average molecular weight is 194 g/mol. The van der Waals surface area contributed by atoms with Gasteiger partial charge in [0.1, 0.15) is 5.82 Å². The number of piperidine rings is 1. The Morgan fingerprint density at radius 1 is 1.29 bits per heavy atom. The lowest BCUT2D eigenvalue weighted by Gasteiger charge is -2.29. The quantitative estimate of drug-likeness (QED) is 0.773. The standard InChI is InChI=1S/C10H18N4/c1-11-9-8-12-13(2)10(9)14-6-4-3-5-7-14/h8,11H,3-7H2,1-2H3. The number of anilines is 2. The van der Waals surface area contributed by atoms with Crippen molar-refractivity contribution in [2.75, 3.05) is 30.4 Å². The summed E-state index contributed by atoms with van der Waals surface area (Å²) in [5.41, 5.74) is 1.13. The van der Waals surface area contributed by atoms with Crippen LogP contribution in [0.3, 0.4) is 0 Å². The van der Waals surface area contributed by atoms with Crippen molar-refractivity contribution < 1.29 is 0 Å². The molecule has 0 unspecified atom stereocenters. The smallest absolute Gasteiger partial charge is 0.150 e. The van der Waals surface area contributed by atoms with E-state index in [4.69, 9.17) is 0 Å². The van der Waals surface area contributed by atoms with Crippen LogP contribution in [0.15, 0.2) is 6.20 Å². The van der Waals surface area contributed by atoms with Gasteiger partial charge in [0.15, 0.2) is 0 Å². The number of hydrogen-bond donors (Lipinski definition) is 1. The highest BCUT2D eigenvalue weighted by Gasteiger charge is 2.17. The fraction of sp³-hybridized carbons (Fsp3) is 0.700. The van der Waals surface area contributed by atoms with Gasteiger partial charge in [-0.3, -0.25) is 4.68 Å². The lowest BCUT2D eigenvalue weighted by Crippen LogP contribution is -2.31. The predicted molar refractivity (Wildman–Crippen MR) is 58.8 cm³/mol. The summed E-state index contributed by atoms with van der Waals surface area (Å²) < 4.78 is 1.96. The van der Waals surface area contributed by atoms with Gasteiger partial charge in [0.05, 0.1) is 11.9 Å². The first-order valence-corrected chi connectivity index (χ1v) is 5.27. The van der Waals surface area contributed by atoms with Gasteiger partial charge in [-0.05, 0) is 19.3 Å². The maximum atomic E-state index is 4.28. The van der Waals surface area contributed by atoms with Gasteiger partial charge in [-0.1, -0.05) is 0 Å². The molecule has 0 saturated carbocycles. The molecule has 1 N–H and O–H groups in total. The summed E-state index contributed by atoms with van der Waals surface area (Å²) in [5, 5.41) is 7.46. The second kappa shape index (κ2) is 3.90. The second-order valence-electron chi connectivity index (χ2n) is 3.80. The molecular weight excluding hydrogens is 176 g/mol. The van der Waals surface area contributed by atoms with E-state index in [1.807, 2.05) is 25.0 Å². The number of rotatable bonds is 2. The molecule has 0 bridgehead atoms. The van der Waals surface area contributed by atoms with Crippen molar-refractivity contribution in [2.45, 2.75) is 19.3 Å². The van der Waals surface area contributed by atoms with Gasteiger partial charge in [0, 0.05) is 27.2 Å². The fourth-order valence-electron chi connectivity index (χ4n) is 2.09. The van der Waals surface area contributed by atoms with Crippen LogP contribution in [-0.4, -0.2) is 29.9 Å². The summed E-state index contributed by atoms with van der Waals surface area (Å²) in [5.74, 6) is 1.23. The van der Waals surface area contributed by atoms with Crippen LogP contribution >= 0.6 is 0 Å². The molecule has 0 spiro atoms. The molecule has 78 valence electrons. The van der Waals surface area contributed by atoms with Crippen LogP contribution in [0, 0.1) is 0 Å². The molecular formula is C10H18N4. The van der Waals surface area contributed by atoms with E-state index in [0.717, 1.165) is 18.8 Å². The third-order valence-corrected chi connectivity index (χ3v) is 2.83. The van der Waals surface area contributed by atoms with E-state index in [1.165, 1.54) is 25.1 Å². The zero-order valence-electron chi connectivity index (χ0n) is 8.95. The summed E-state index contributed by atoms with van der Waals surface area (Å²) in [6, 6.07) is 0. The summed E-state index contributed by atoms with van der Waals surface area (Å²) in [6.07, 6.45) is 5.86. The van der Waals surface area contributed by atoms with Crippen LogP contribution in [0.2, 0.25) is 0 Å². The molecule has 2 heterocycles. The molecule has 1 aromatic heterocycles. The minimum atomic E-state index is 1.13. The highest BCUT2D eigenvalue weighted by atomic mass is 15.4. The Morgan fingerprint density at radius 2 is 2.00 bits per heavy atom. The van der Waals surface area contributed by atoms with Crippen molar-refractivity contribution in [3.8, 4) is 0 Å². The molecule has 4 heteroatoms. The van der Waals surface area contributed by atoms with E-state index in [1.54, 1.807) is 0 Å². The summed E-state index contributed by atoms with van der Waals surface area (Å²) in [6.45, 7) is 2.32. The predicted octanol–water partition coefficient (Wildman–Crippen LogP) is 1.45. The number of aromatic nitrogens is 2. The van der Waals surface area contributed by atoms with Crippen LogP contribution in [-0.2, 0) is 7.05 Å². The molecule has 14 heavy (non-hydrogen) atoms. The summed E-state index contributed by atoms with van der Waals surface area (Å²) >= 11 is 0. The highest BCUT2D eigenvalue weighted by molar-refractivity contribution is 5.65. The Kier molecular flexibility index (Phi) is 2.61. The molecule has 0 aliphatic carbocycles. The minimum absolute atomic E-state index is 1.13. The number of aryl methyl sites for hydroxylation is 1. The second-order valence-corrected chi connectivity index (χ2v) is 3.80. The van der Waals surface area contributed by atoms with Gasteiger partial charge in [0.2, 0.25) is 0 Å². The number of nitrogens with zero attached hydrogens (tertiary/aromatic N) is 3. The minimum Gasteiger partial charge on any atom is -0.384 e. The van der Waals surface area contributed by atoms with Gasteiger partial charge < -0.3 is 10.2 Å². The number of nitrogens with one attached hydrogen (secondary N) is 1. The zero-order chi connectivity index (χ0) is 9.97. The maximum Gasteiger partial charge on any atom is 0.150 e. The van der Waals surface area contributed by atoms with Crippen molar-refractivity contribution in [1.82, 2.24) is 9.78 Å². The Morgan fingerprint density at radius 3 is 2.64 bits per heavy atom. The monoisotopic (exact) mass is 194 g/mol. The van der Waals surface area contributed by atoms with Crippen molar-refractivity contribution >= 4 is 11.5 Å². The van der Waals surface area contributed by atoms with Crippen LogP contribution in [0.1, 0.15) is 19.3 Å². The molecule has 2 rings (SSSR count). The van der Waals surface area contributed by atoms with Crippen LogP contribution in [0.4, 0.5) is 11.5 Å². The fourth-order valence-corrected chi connectivity index (χ4v) is 2.09. The van der Waals surface area contributed by atoms with Gasteiger partial charge in [-0.25, -0.2) is 0 Å². The SMILES string of the molecule is CNc1cnn(C)c1N1CCCCC1. The molecule has 1 fully saturated rings. The van der Waals surface area contributed by atoms with Crippen LogP contribution in [0.25, 0.3) is 0 Å². The lowest BCUT2D eigenvalue weighted by molar-refractivity contribution is 0.561. The molecule has 1 saturated heterocycles. The van der Waals surface area contributed by atoms with Crippen molar-refractivity contribution in [3.63, 3.8) is 0 Å². The molecule has 0 atom stereocenters. The zero-order valence-corrected chi connectivity index (χ0v) is 8.95. The molecule has 1 aliphatic rings. The first kappa shape index (κ1) is 9.37. The molecule has 0 aromatic carbocycles. The lowest BCUT2D eigenvalue weighted by atomic mass is 10.1. The Balaban J connectivity index is 2.23. The van der Waals surface area contributed by atoms with Gasteiger partial charge in [0.25, 0.3) is 0 Å². The molecule has 0 amide bonds. The van der Waals surface area contributed by atoms with E-state index < -0.39 is 0 Å². The molecule has 1 aromatic rings. The molecule has 0 radical (unpaired) electrons. The van der Waals surface area contributed by atoms with Gasteiger partial charge >= 0.3 is 0 Å². The molecule has 1 aliphatic heterocycles. The third kappa shape index (κ3) is 1.56. The summed E-state index contributed by atoms with van der Waals surface area (Å²) in [7, 11) is 3.95. The topological polar surface area (TPSA) is 33.1 Å². The van der Waals surface area contributed by atoms with E-state index >= 15 is 0 Å². The van der Waals surface area contributed by atoms with Gasteiger partial charge in [-0.15, -0.1) is 0 Å². The van der Waals surface area contributed by atoms with Crippen LogP contribution in [0.5, 0.6) is 0 Å². The van der Waals surface area contributed by atoms with E-state index in [9.17, 15) is 0 Å². The summed E-state index contributed by atoms with van der Waals surface area (Å²) in [4.78, 5) is 2.42. The van der Waals surface area contributed by atoms with Crippen molar-refractivity contribution in [2.24, 2.45) is 7.05 Å². The highest BCUT2D eigenvalue weighted by Crippen LogP contribution is 2.26. The maximum absolute atomic E-state index is 4.28. The first-order chi connectivity index (χ1) is 6.83. The van der Waals surface area contributed by atoms with Crippen molar-refractivity contribution in [1.29, 1.82) is 0 Å². The molecule has 4 nitrogen and oxygen atoms in total. The van der Waals surface area contributed by atoms with Gasteiger partial charge in [-0.2, -0.15) is 5.10 Å². The van der Waals surface area contributed by atoms with E-state index in [-0.39, 0.29) is 0 Å². The Labute approximate surface area is 84.9 Å². The largest absolute Gasteiger partial charge is 0.384 e. The first-order valence-electron chi connectivity index (χ1n) is 5.27. The third-order valence-electron chi connectivity index (χ3n) is 2.83. The van der Waals surface area contributed by atoms with Crippen molar-refractivity contribution in [3.05, 3.63) is 6.20 Å². The van der Waals surface area contributed by atoms with E-state index in [0.29, 0.717) is 0 Å². The Bertz CT molecular complexity index is 299. The Hall–Kier alpha value is -1.19.